The quantitative estimate of drug-likeness (QED) is 0.176. The summed E-state index contributed by atoms with van der Waals surface area (Å²) in [6.45, 7) is 13.8. The molecule has 278 valence electrons. The zero-order chi connectivity index (χ0) is 39.0. The Morgan fingerprint density at radius 2 is 1.12 bits per heavy atom. The summed E-state index contributed by atoms with van der Waals surface area (Å²) in [5.74, 6) is 0. The van der Waals surface area contributed by atoms with Crippen molar-refractivity contribution in [3.63, 3.8) is 0 Å². The third-order valence-electron chi connectivity index (χ3n) is 12.5. The van der Waals surface area contributed by atoms with Crippen molar-refractivity contribution in [2.45, 2.75) is 57.8 Å². The first-order chi connectivity index (χ1) is 27.5. The van der Waals surface area contributed by atoms with Gasteiger partial charge in [-0.25, -0.2) is 4.98 Å². The van der Waals surface area contributed by atoms with Gasteiger partial charge >= 0.3 is 0 Å². The number of aromatic nitrogens is 2. The second-order valence-electron chi connectivity index (χ2n) is 17.8. The summed E-state index contributed by atoms with van der Waals surface area (Å²) < 4.78 is 8.34. The lowest BCUT2D eigenvalue weighted by molar-refractivity contribution is 0.584. The number of hydrogen-bond donors (Lipinski definition) is 0. The Morgan fingerprint density at radius 1 is 0.544 bits per heavy atom. The second-order valence-corrected chi connectivity index (χ2v) is 18.1. The topological polar surface area (TPSA) is 34.2 Å². The van der Waals surface area contributed by atoms with Crippen molar-refractivity contribution in [1.29, 1.82) is 0 Å². The van der Waals surface area contributed by atoms with Gasteiger partial charge < -0.3 is 9.32 Å². The fourth-order valence-corrected chi connectivity index (χ4v) is 10.00. The van der Waals surface area contributed by atoms with Gasteiger partial charge in [0.15, 0.2) is 0 Å². The van der Waals surface area contributed by atoms with Gasteiger partial charge in [0, 0.05) is 5.39 Å². The van der Waals surface area contributed by atoms with E-state index >= 15 is 0 Å². The van der Waals surface area contributed by atoms with Crippen LogP contribution in [0.15, 0.2) is 150 Å². The Labute approximate surface area is 338 Å². The highest BCUT2D eigenvalue weighted by molar-refractivity contribution is 6.35. The Morgan fingerprint density at radius 3 is 1.75 bits per heavy atom. The van der Waals surface area contributed by atoms with Crippen molar-refractivity contribution < 1.29 is 4.42 Å². The Bertz CT molecular complexity index is 3020. The van der Waals surface area contributed by atoms with Crippen LogP contribution in [0.5, 0.6) is 0 Å². The summed E-state index contributed by atoms with van der Waals surface area (Å²) in [5.41, 5.74) is 17.1. The smallest absolute Gasteiger partial charge is 0.137 e. The number of fused-ring (bicyclic) bond motifs is 14. The minimum Gasteiger partial charge on any atom is -0.456 e. The predicted molar refractivity (Wildman–Crippen MR) is 236 cm³/mol. The van der Waals surface area contributed by atoms with Crippen LogP contribution in [0, 0.1) is 0 Å². The second kappa shape index (κ2) is 11.7. The number of rotatable bonds is 2. The molecule has 9 aromatic rings. The molecule has 7 aromatic carbocycles. The lowest BCUT2D eigenvalue weighted by Crippen LogP contribution is -2.37. The highest BCUT2D eigenvalue weighted by Gasteiger charge is 2.52. The molecule has 0 saturated carbocycles. The summed E-state index contributed by atoms with van der Waals surface area (Å²) in [5, 5.41) is 2.71. The first kappa shape index (κ1) is 34.2. The van der Waals surface area contributed by atoms with E-state index < -0.39 is 5.41 Å². The summed E-state index contributed by atoms with van der Waals surface area (Å²) in [6.07, 6.45) is 1.89. The van der Waals surface area contributed by atoms with E-state index in [0.29, 0.717) is 5.02 Å². The van der Waals surface area contributed by atoms with Gasteiger partial charge in [0.05, 0.1) is 44.1 Å². The van der Waals surface area contributed by atoms with Gasteiger partial charge in [0.1, 0.15) is 23.0 Å². The highest BCUT2D eigenvalue weighted by Crippen LogP contribution is 2.64. The zero-order valence-corrected chi connectivity index (χ0v) is 33.7. The fraction of sp³-hybridized carbons (Fsp3) is 0.173. The summed E-state index contributed by atoms with van der Waals surface area (Å²) in [4.78, 5) is 7.40. The molecule has 0 fully saturated rings. The molecule has 1 aliphatic carbocycles. The maximum absolute atomic E-state index is 7.77. The molecular weight excluding hydrogens is 718 g/mol. The molecular formula is C52H42ClN3O. The molecule has 2 aliphatic rings. The molecule has 0 amide bonds. The molecule has 4 nitrogen and oxygen atoms in total. The van der Waals surface area contributed by atoms with Gasteiger partial charge in [0.2, 0.25) is 0 Å². The number of para-hydroxylation sites is 1. The van der Waals surface area contributed by atoms with Crippen molar-refractivity contribution in [1.82, 2.24) is 9.55 Å². The van der Waals surface area contributed by atoms with E-state index in [9.17, 15) is 0 Å². The highest BCUT2D eigenvalue weighted by atomic mass is 35.5. The molecule has 1 spiro atoms. The van der Waals surface area contributed by atoms with Crippen LogP contribution in [0.25, 0.3) is 49.8 Å². The number of benzene rings is 7. The average Bonchev–Trinajstić information content (AvgIpc) is 3.89. The van der Waals surface area contributed by atoms with E-state index in [-0.39, 0.29) is 10.8 Å². The SMILES string of the molecule is CC(C)(C)c1ccc2c(c1)C1(c3ccccc3-c3ccccc31)c1cc(C(C)(C)C)ccc1N2c1cccc(-n2cnc3c4c(ccc32)oc2ccccc24)c1Cl. The lowest BCUT2D eigenvalue weighted by Gasteiger charge is -2.46. The molecule has 5 heteroatoms. The minimum atomic E-state index is -0.555. The van der Waals surface area contributed by atoms with Crippen LogP contribution >= 0.6 is 11.6 Å². The van der Waals surface area contributed by atoms with Crippen LogP contribution in [-0.2, 0) is 16.2 Å². The van der Waals surface area contributed by atoms with E-state index in [1.54, 1.807) is 0 Å². The third kappa shape index (κ3) is 4.65. The zero-order valence-electron chi connectivity index (χ0n) is 33.0. The lowest BCUT2D eigenvalue weighted by atomic mass is 9.63. The van der Waals surface area contributed by atoms with Crippen LogP contribution in [0.2, 0.25) is 5.02 Å². The van der Waals surface area contributed by atoms with Gasteiger partial charge in [-0.15, -0.1) is 0 Å². The normalized spacial score (nSPS) is 14.3. The van der Waals surface area contributed by atoms with E-state index in [1.807, 2.05) is 30.6 Å². The molecule has 3 heterocycles. The Kier molecular flexibility index (Phi) is 7.03. The minimum absolute atomic E-state index is 0.0714. The number of hydrogen-bond acceptors (Lipinski definition) is 3. The van der Waals surface area contributed by atoms with Gasteiger partial charge in [-0.05, 0) is 97.8 Å². The summed E-state index contributed by atoms with van der Waals surface area (Å²) in [6, 6.07) is 50.9. The average molecular weight is 760 g/mol. The molecule has 0 saturated heterocycles. The Hall–Kier alpha value is -6.10. The number of halogens is 1. The number of nitrogens with zero attached hydrogens (tertiary/aromatic N) is 3. The summed E-state index contributed by atoms with van der Waals surface area (Å²) in [7, 11) is 0. The molecule has 57 heavy (non-hydrogen) atoms. The first-order valence-electron chi connectivity index (χ1n) is 19.8. The van der Waals surface area contributed by atoms with Crippen LogP contribution < -0.4 is 4.90 Å². The largest absolute Gasteiger partial charge is 0.456 e. The molecule has 2 aromatic heterocycles. The van der Waals surface area contributed by atoms with E-state index in [0.717, 1.165) is 55.7 Å². The Balaban J connectivity index is 1.21. The van der Waals surface area contributed by atoms with Crippen LogP contribution in [-0.4, -0.2) is 9.55 Å². The van der Waals surface area contributed by atoms with Gasteiger partial charge in [-0.1, -0.05) is 150 Å². The standard InChI is InChI=1S/C52H42ClN3O/c1-50(2,3)31-22-24-40-38(28-31)52(36-17-10-7-14-33(36)34-15-8-11-18-37(34)52)39-29-32(51(4,5)6)23-25-41(39)56(40)43-20-13-19-42(48(43)53)55-30-54-49-44(55)26-27-46-47(49)35-16-9-12-21-45(35)57-46/h7-30H,1-6H3. The van der Waals surface area contributed by atoms with Gasteiger partial charge in [0.25, 0.3) is 0 Å². The molecule has 0 bridgehead atoms. The maximum Gasteiger partial charge on any atom is 0.137 e. The third-order valence-corrected chi connectivity index (χ3v) is 12.9. The summed E-state index contributed by atoms with van der Waals surface area (Å²) >= 11 is 7.77. The predicted octanol–water partition coefficient (Wildman–Crippen LogP) is 14.3. The fourth-order valence-electron chi connectivity index (χ4n) is 9.69. The van der Waals surface area contributed by atoms with Crippen molar-refractivity contribution in [2.75, 3.05) is 4.90 Å². The van der Waals surface area contributed by atoms with Crippen molar-refractivity contribution >= 4 is 61.6 Å². The van der Waals surface area contributed by atoms with Crippen molar-refractivity contribution in [3.8, 4) is 16.8 Å². The number of imidazole rings is 1. The van der Waals surface area contributed by atoms with Crippen molar-refractivity contribution in [2.24, 2.45) is 0 Å². The molecule has 0 atom stereocenters. The molecule has 1 aliphatic heterocycles. The van der Waals surface area contributed by atoms with Gasteiger partial charge in [-0.3, -0.25) is 4.57 Å². The number of furan rings is 1. The van der Waals surface area contributed by atoms with E-state index in [2.05, 4.69) is 166 Å². The van der Waals surface area contributed by atoms with Crippen LogP contribution in [0.3, 0.4) is 0 Å². The molecule has 0 unspecified atom stereocenters. The van der Waals surface area contributed by atoms with Crippen LogP contribution in [0.1, 0.15) is 74.9 Å². The molecule has 0 N–H and O–H groups in total. The van der Waals surface area contributed by atoms with Crippen molar-refractivity contribution in [3.05, 3.63) is 184 Å². The monoisotopic (exact) mass is 759 g/mol. The van der Waals surface area contributed by atoms with Gasteiger partial charge in [-0.2, -0.15) is 0 Å². The van der Waals surface area contributed by atoms with E-state index in [1.165, 1.54) is 44.5 Å². The number of anilines is 3. The van der Waals surface area contributed by atoms with E-state index in [4.69, 9.17) is 21.0 Å². The first-order valence-corrected chi connectivity index (χ1v) is 20.2. The molecule has 11 rings (SSSR count). The molecule has 0 radical (unpaired) electrons. The maximum atomic E-state index is 7.77. The van der Waals surface area contributed by atoms with Crippen LogP contribution in [0.4, 0.5) is 17.1 Å².